The summed E-state index contributed by atoms with van der Waals surface area (Å²) in [4.78, 5) is 11.7. The minimum atomic E-state index is -0.718. The molecule has 3 nitrogen and oxygen atoms in total. The second-order valence-electron chi connectivity index (χ2n) is 3.43. The van der Waals surface area contributed by atoms with Crippen molar-refractivity contribution in [2.45, 2.75) is 0 Å². The van der Waals surface area contributed by atoms with Gasteiger partial charge in [0, 0.05) is 6.07 Å². The van der Waals surface area contributed by atoms with E-state index in [0.29, 0.717) is 5.56 Å². The van der Waals surface area contributed by atoms with Crippen molar-refractivity contribution in [1.29, 1.82) is 5.26 Å². The molecule has 0 unspecified atom stereocenters. The van der Waals surface area contributed by atoms with Crippen molar-refractivity contribution in [2.75, 3.05) is 0 Å². The van der Waals surface area contributed by atoms with Crippen molar-refractivity contribution >= 4 is 5.97 Å². The third kappa shape index (κ3) is 4.32. The molecule has 0 radical (unpaired) electrons. The van der Waals surface area contributed by atoms with Gasteiger partial charge in [0.2, 0.25) is 0 Å². The van der Waals surface area contributed by atoms with Gasteiger partial charge in [0.05, 0.1) is 5.56 Å². The molecule has 88 valence electrons. The smallest absolute Gasteiger partial charge is 0.424 e. The number of halogens is 1. The standard InChI is InChI=1S/C14H7FNO2.Rb/c15-13-8-12(7-6-11(13)9-16)18-14(17)10-4-2-1-3-5-10;/h2-8H;/q-1;+1. The second kappa shape index (κ2) is 7.66. The van der Waals surface area contributed by atoms with Gasteiger partial charge in [-0.25, -0.2) is 9.18 Å². The van der Waals surface area contributed by atoms with Crippen LogP contribution in [0.15, 0.2) is 42.5 Å². The number of hydrogen-bond donors (Lipinski definition) is 0. The molecule has 0 heterocycles. The monoisotopic (exact) mass is 325 g/mol. The Bertz CT molecular complexity index is 623. The molecule has 2 aromatic rings. The van der Waals surface area contributed by atoms with Crippen LogP contribution in [-0.2, 0) is 0 Å². The van der Waals surface area contributed by atoms with Crippen LogP contribution in [0.2, 0.25) is 0 Å². The van der Waals surface area contributed by atoms with Gasteiger partial charge in [-0.1, -0.05) is 0 Å². The minimum Gasteiger partial charge on any atom is -0.424 e. The van der Waals surface area contributed by atoms with Crippen LogP contribution in [-0.4, -0.2) is 5.97 Å². The van der Waals surface area contributed by atoms with Crippen molar-refractivity contribution in [1.82, 2.24) is 0 Å². The molecule has 0 atom stereocenters. The van der Waals surface area contributed by atoms with Gasteiger partial charge >= 0.3 is 64.2 Å². The Kier molecular flexibility index (Phi) is 6.53. The number of carbonyl (C=O) groups is 1. The van der Waals surface area contributed by atoms with E-state index >= 15 is 0 Å². The van der Waals surface area contributed by atoms with E-state index in [4.69, 9.17) is 10.00 Å². The fourth-order valence-electron chi connectivity index (χ4n) is 1.34. The maximum Gasteiger partial charge on any atom is 1.00 e. The van der Waals surface area contributed by atoms with Crippen LogP contribution in [0, 0.1) is 23.2 Å². The second-order valence-corrected chi connectivity index (χ2v) is 3.43. The number of rotatable bonds is 2. The summed E-state index contributed by atoms with van der Waals surface area (Å²) in [6, 6.07) is 14.3. The van der Waals surface area contributed by atoms with Gasteiger partial charge < -0.3 is 4.74 Å². The molecule has 5 heteroatoms. The van der Waals surface area contributed by atoms with E-state index in [1.54, 1.807) is 30.3 Å². The van der Waals surface area contributed by atoms with E-state index in [-0.39, 0.29) is 69.5 Å². The molecule has 2 rings (SSSR count). The van der Waals surface area contributed by atoms with Crippen molar-refractivity contribution < 1.29 is 72.1 Å². The fraction of sp³-hybridized carbons (Fsp3) is 0. The summed E-state index contributed by atoms with van der Waals surface area (Å²) < 4.78 is 18.3. The molecule has 0 aromatic heterocycles. The molecule has 0 bridgehead atoms. The zero-order valence-corrected chi connectivity index (χ0v) is 15.1. The first-order chi connectivity index (χ1) is 8.70. The van der Waals surface area contributed by atoms with E-state index in [0.717, 1.165) is 6.07 Å². The number of carbonyl (C=O) groups excluding carboxylic acids is 1. The van der Waals surface area contributed by atoms with Crippen LogP contribution in [0.5, 0.6) is 5.75 Å². The van der Waals surface area contributed by atoms with Gasteiger partial charge in [-0.2, -0.15) is 35.6 Å². The quantitative estimate of drug-likeness (QED) is 0.433. The molecule has 19 heavy (non-hydrogen) atoms. The Balaban J connectivity index is 0.00000180. The first kappa shape index (κ1) is 16.2. The Morgan fingerprint density at radius 3 is 2.53 bits per heavy atom. The normalized spacial score (nSPS) is 9.05. The Hall–Kier alpha value is -0.865. The average Bonchev–Trinajstić information content (AvgIpc) is 2.40. The molecule has 0 aliphatic rings. The van der Waals surface area contributed by atoms with Crippen molar-refractivity contribution in [3.05, 3.63) is 65.5 Å². The first-order valence-electron chi connectivity index (χ1n) is 5.08. The summed E-state index contributed by atoms with van der Waals surface area (Å²) >= 11 is 0. The molecule has 0 saturated carbocycles. The SMILES string of the molecule is N#Cc1ccc(OC(=O)c2cc[c-]cc2)cc1F.[Rb+]. The predicted octanol–water partition coefficient (Wildman–Crippen LogP) is -0.279. The molecule has 0 spiro atoms. The average molecular weight is 326 g/mol. The molecule has 0 saturated heterocycles. The van der Waals surface area contributed by atoms with Crippen LogP contribution in [0.1, 0.15) is 15.9 Å². The number of esters is 1. The maximum absolute atomic E-state index is 13.3. The number of ether oxygens (including phenoxy) is 1. The van der Waals surface area contributed by atoms with Crippen LogP contribution in [0.3, 0.4) is 0 Å². The van der Waals surface area contributed by atoms with E-state index in [2.05, 4.69) is 6.07 Å². The van der Waals surface area contributed by atoms with Gasteiger partial charge in [-0.05, 0) is 17.7 Å². The maximum atomic E-state index is 13.3. The third-order valence-electron chi connectivity index (χ3n) is 2.23. The molecule has 0 amide bonds. The Labute approximate surface area is 158 Å². The molecular weight excluding hydrogens is 319 g/mol. The molecule has 0 aliphatic heterocycles. The van der Waals surface area contributed by atoms with E-state index in [1.807, 2.05) is 0 Å². The van der Waals surface area contributed by atoms with Gasteiger partial charge in [0.1, 0.15) is 17.6 Å². The summed E-state index contributed by atoms with van der Waals surface area (Å²) in [6.45, 7) is 0. The minimum absolute atomic E-state index is 0. The van der Waals surface area contributed by atoms with Crippen molar-refractivity contribution in [3.8, 4) is 11.8 Å². The van der Waals surface area contributed by atoms with Crippen LogP contribution in [0.25, 0.3) is 0 Å². The molecule has 0 N–H and O–H groups in total. The van der Waals surface area contributed by atoms with E-state index in [9.17, 15) is 9.18 Å². The number of benzene rings is 2. The summed E-state index contributed by atoms with van der Waals surface area (Å²) in [5.74, 6) is -1.25. The number of nitriles is 1. The van der Waals surface area contributed by atoms with Gasteiger partial charge in [0.25, 0.3) is 0 Å². The summed E-state index contributed by atoms with van der Waals surface area (Å²) in [5, 5.41) is 8.57. The molecule has 0 fully saturated rings. The van der Waals surface area contributed by atoms with Crippen LogP contribution < -0.4 is 62.9 Å². The Morgan fingerprint density at radius 1 is 1.26 bits per heavy atom. The zero-order valence-electron chi connectivity index (χ0n) is 10.2. The summed E-state index contributed by atoms with van der Waals surface area (Å²) in [6.07, 6.45) is 0. The number of nitrogens with zero attached hydrogens (tertiary/aromatic N) is 1. The van der Waals surface area contributed by atoms with E-state index < -0.39 is 11.8 Å². The third-order valence-corrected chi connectivity index (χ3v) is 2.23. The largest absolute Gasteiger partial charge is 1.00 e. The van der Waals surface area contributed by atoms with Crippen LogP contribution >= 0.6 is 0 Å². The fourth-order valence-corrected chi connectivity index (χ4v) is 1.34. The van der Waals surface area contributed by atoms with Crippen molar-refractivity contribution in [2.24, 2.45) is 0 Å². The van der Waals surface area contributed by atoms with Crippen molar-refractivity contribution in [3.63, 3.8) is 0 Å². The Morgan fingerprint density at radius 2 is 1.95 bits per heavy atom. The topological polar surface area (TPSA) is 50.1 Å². The summed E-state index contributed by atoms with van der Waals surface area (Å²) in [7, 11) is 0. The molecule has 0 aliphatic carbocycles. The van der Waals surface area contributed by atoms with Gasteiger partial charge in [-0.15, -0.1) is 0 Å². The summed E-state index contributed by atoms with van der Waals surface area (Å²) in [5.41, 5.74) is 0.252. The molecular formula is C14H7FNO2Rb. The van der Waals surface area contributed by atoms with Gasteiger partial charge in [0.15, 0.2) is 0 Å². The predicted molar refractivity (Wildman–Crippen MR) is 61.4 cm³/mol. The zero-order chi connectivity index (χ0) is 13.0. The number of hydrogen-bond acceptors (Lipinski definition) is 3. The van der Waals surface area contributed by atoms with E-state index in [1.165, 1.54) is 12.1 Å². The van der Waals surface area contributed by atoms with Gasteiger partial charge in [-0.3, -0.25) is 0 Å². The van der Waals surface area contributed by atoms with Crippen LogP contribution in [0.4, 0.5) is 4.39 Å². The first-order valence-corrected chi connectivity index (χ1v) is 5.08. The molecule has 2 aromatic carbocycles.